The van der Waals surface area contributed by atoms with Crippen LogP contribution in [0.5, 0.6) is 0 Å². The van der Waals surface area contributed by atoms with Crippen molar-refractivity contribution in [1.82, 2.24) is 0 Å². The van der Waals surface area contributed by atoms with Crippen molar-refractivity contribution in [2.24, 2.45) is 10.7 Å². The molecule has 0 fully saturated rings. The van der Waals surface area contributed by atoms with Gasteiger partial charge in [0.15, 0.2) is 5.11 Å². The van der Waals surface area contributed by atoms with Crippen molar-refractivity contribution in [3.05, 3.63) is 65.7 Å². The Labute approximate surface area is 135 Å². The van der Waals surface area contributed by atoms with E-state index >= 15 is 0 Å². The number of thiocarbonyl (C=S) groups is 1. The van der Waals surface area contributed by atoms with Crippen LogP contribution in [0.25, 0.3) is 0 Å². The van der Waals surface area contributed by atoms with Gasteiger partial charge in [-0.25, -0.2) is 4.99 Å². The van der Waals surface area contributed by atoms with Gasteiger partial charge in [-0.1, -0.05) is 30.3 Å². The number of nitrogens with one attached hydrogen (secondary N) is 1. The highest BCUT2D eigenvalue weighted by Crippen LogP contribution is 2.08. The van der Waals surface area contributed by atoms with Crippen LogP contribution in [-0.4, -0.2) is 10.9 Å². The van der Waals surface area contributed by atoms with E-state index in [1.165, 1.54) is 0 Å². The normalized spacial score (nSPS) is 10.8. The summed E-state index contributed by atoms with van der Waals surface area (Å²) in [6, 6.07) is 19.2. The lowest BCUT2D eigenvalue weighted by atomic mass is 10.1. The number of hydrogen-bond acceptors (Lipinski definition) is 2. The average molecular weight is 308 g/mol. The Morgan fingerprint density at radius 2 is 1.95 bits per heavy atom. The molecular formula is C17H16N4S. The molecule has 0 bridgehead atoms. The molecule has 2 aromatic carbocycles. The van der Waals surface area contributed by atoms with Gasteiger partial charge in [0, 0.05) is 12.1 Å². The van der Waals surface area contributed by atoms with Crippen LogP contribution in [0, 0.1) is 11.3 Å². The van der Waals surface area contributed by atoms with E-state index in [1.807, 2.05) is 48.5 Å². The highest BCUT2D eigenvalue weighted by Gasteiger charge is 2.00. The Kier molecular flexibility index (Phi) is 5.64. The van der Waals surface area contributed by atoms with Crippen molar-refractivity contribution in [1.29, 1.82) is 5.26 Å². The van der Waals surface area contributed by atoms with Crippen LogP contribution in [0.2, 0.25) is 0 Å². The second kappa shape index (κ2) is 7.91. The molecule has 0 aromatic heterocycles. The molecule has 0 aliphatic carbocycles. The molecule has 0 aliphatic heterocycles. The third-order valence-electron chi connectivity index (χ3n) is 3.00. The van der Waals surface area contributed by atoms with Gasteiger partial charge in [0.1, 0.15) is 5.84 Å². The zero-order chi connectivity index (χ0) is 15.8. The van der Waals surface area contributed by atoms with Gasteiger partial charge in [0.25, 0.3) is 0 Å². The number of nitriles is 1. The number of rotatable bonds is 4. The molecular weight excluding hydrogens is 292 g/mol. The van der Waals surface area contributed by atoms with Crippen molar-refractivity contribution in [2.45, 2.75) is 12.8 Å². The number of amidine groups is 1. The minimum atomic E-state index is 0.342. The van der Waals surface area contributed by atoms with Crippen molar-refractivity contribution >= 4 is 28.9 Å². The summed E-state index contributed by atoms with van der Waals surface area (Å²) in [4.78, 5) is 4.18. The van der Waals surface area contributed by atoms with Crippen molar-refractivity contribution < 1.29 is 0 Å². The van der Waals surface area contributed by atoms with E-state index < -0.39 is 0 Å². The summed E-state index contributed by atoms with van der Waals surface area (Å²) >= 11 is 5.16. The number of para-hydroxylation sites is 1. The van der Waals surface area contributed by atoms with Crippen molar-refractivity contribution in [3.63, 3.8) is 0 Å². The Balaban J connectivity index is 1.89. The summed E-state index contributed by atoms with van der Waals surface area (Å²) in [6.07, 6.45) is 1.31. The second-order valence-electron chi connectivity index (χ2n) is 4.71. The molecule has 0 saturated heterocycles. The molecule has 4 nitrogen and oxygen atoms in total. The smallest absolute Gasteiger partial charge is 0.198 e. The van der Waals surface area contributed by atoms with E-state index in [1.54, 1.807) is 6.07 Å². The molecule has 22 heavy (non-hydrogen) atoms. The van der Waals surface area contributed by atoms with E-state index in [0.29, 0.717) is 22.9 Å². The number of anilines is 1. The standard InChI is InChI=1S/C17H16N4S/c18-12-14-6-4-5-13(11-14)9-10-16(19)21-17(22)20-15-7-2-1-3-8-15/h1-8,11H,9-10H2,(H3,19,20,21,22). The Hall–Kier alpha value is -2.71. The molecule has 0 unspecified atom stereocenters. The van der Waals surface area contributed by atoms with E-state index in [2.05, 4.69) is 16.4 Å². The van der Waals surface area contributed by atoms with Crippen LogP contribution in [0.4, 0.5) is 5.69 Å². The molecule has 0 atom stereocenters. The molecule has 0 spiro atoms. The number of aryl methyl sites for hydroxylation is 1. The van der Waals surface area contributed by atoms with E-state index in [4.69, 9.17) is 23.2 Å². The van der Waals surface area contributed by atoms with Gasteiger partial charge in [-0.05, 0) is 48.5 Å². The maximum Gasteiger partial charge on any atom is 0.198 e. The summed E-state index contributed by atoms with van der Waals surface area (Å²) < 4.78 is 0. The van der Waals surface area contributed by atoms with Crippen molar-refractivity contribution in [2.75, 3.05) is 5.32 Å². The highest BCUT2D eigenvalue weighted by atomic mass is 32.1. The summed E-state index contributed by atoms with van der Waals surface area (Å²) in [7, 11) is 0. The fraction of sp³-hybridized carbons (Fsp3) is 0.118. The van der Waals surface area contributed by atoms with Crippen LogP contribution in [-0.2, 0) is 6.42 Å². The SMILES string of the molecule is N#Cc1cccc(CC/C(N)=N/C(=S)Nc2ccccc2)c1. The lowest BCUT2D eigenvalue weighted by Crippen LogP contribution is -2.17. The van der Waals surface area contributed by atoms with Crippen molar-refractivity contribution in [3.8, 4) is 6.07 Å². The van der Waals surface area contributed by atoms with Gasteiger partial charge in [0.2, 0.25) is 0 Å². The Morgan fingerprint density at radius 3 is 2.68 bits per heavy atom. The Morgan fingerprint density at radius 1 is 1.18 bits per heavy atom. The molecule has 0 heterocycles. The molecule has 3 N–H and O–H groups in total. The van der Waals surface area contributed by atoms with Gasteiger partial charge < -0.3 is 11.1 Å². The average Bonchev–Trinajstić information content (AvgIpc) is 2.54. The summed E-state index contributed by atoms with van der Waals surface area (Å²) in [5.41, 5.74) is 8.49. The molecule has 110 valence electrons. The van der Waals surface area contributed by atoms with Crippen LogP contribution < -0.4 is 11.1 Å². The predicted molar refractivity (Wildman–Crippen MR) is 93.8 cm³/mol. The van der Waals surface area contributed by atoms with Crippen LogP contribution >= 0.6 is 12.2 Å². The fourth-order valence-corrected chi connectivity index (χ4v) is 2.16. The Bertz CT molecular complexity index is 717. The van der Waals surface area contributed by atoms with Gasteiger partial charge in [-0.15, -0.1) is 0 Å². The number of nitrogens with two attached hydrogens (primary N) is 1. The third kappa shape index (κ3) is 5.00. The minimum absolute atomic E-state index is 0.342. The monoisotopic (exact) mass is 308 g/mol. The minimum Gasteiger partial charge on any atom is -0.387 e. The van der Waals surface area contributed by atoms with Gasteiger partial charge in [-0.3, -0.25) is 0 Å². The first-order valence-electron chi connectivity index (χ1n) is 6.85. The first-order chi connectivity index (χ1) is 10.7. The zero-order valence-corrected chi connectivity index (χ0v) is 12.8. The maximum atomic E-state index is 8.87. The van der Waals surface area contributed by atoms with Gasteiger partial charge in [0.05, 0.1) is 11.6 Å². The third-order valence-corrected chi connectivity index (χ3v) is 3.19. The van der Waals surface area contributed by atoms with Crippen LogP contribution in [0.1, 0.15) is 17.5 Å². The number of hydrogen-bond donors (Lipinski definition) is 2. The van der Waals surface area contributed by atoms with E-state index in [9.17, 15) is 0 Å². The number of benzene rings is 2. The molecule has 0 aliphatic rings. The lowest BCUT2D eigenvalue weighted by Gasteiger charge is -2.05. The first kappa shape index (κ1) is 15.7. The quantitative estimate of drug-likeness (QED) is 0.516. The molecule has 5 heteroatoms. The molecule has 0 amide bonds. The first-order valence-corrected chi connectivity index (χ1v) is 7.26. The zero-order valence-electron chi connectivity index (χ0n) is 12.0. The van der Waals surface area contributed by atoms with E-state index in [0.717, 1.165) is 17.7 Å². The largest absolute Gasteiger partial charge is 0.387 e. The summed E-state index contributed by atoms with van der Waals surface area (Å²) in [5.74, 6) is 0.468. The fourth-order valence-electron chi connectivity index (χ4n) is 1.93. The molecule has 0 radical (unpaired) electrons. The van der Waals surface area contributed by atoms with Crippen LogP contribution in [0.3, 0.4) is 0 Å². The molecule has 2 rings (SSSR count). The molecule has 0 saturated carbocycles. The lowest BCUT2D eigenvalue weighted by molar-refractivity contribution is 1.03. The highest BCUT2D eigenvalue weighted by molar-refractivity contribution is 7.80. The van der Waals surface area contributed by atoms with Crippen LogP contribution in [0.15, 0.2) is 59.6 Å². The summed E-state index contributed by atoms with van der Waals surface area (Å²) in [5, 5.41) is 12.2. The predicted octanol–water partition coefficient (Wildman–Crippen LogP) is 3.25. The number of nitrogens with zero attached hydrogens (tertiary/aromatic N) is 2. The second-order valence-corrected chi connectivity index (χ2v) is 5.10. The molecule has 2 aromatic rings. The van der Waals surface area contributed by atoms with Gasteiger partial charge >= 0.3 is 0 Å². The summed E-state index contributed by atoms with van der Waals surface area (Å²) in [6.45, 7) is 0. The number of aliphatic imine (C=N–C) groups is 1. The van der Waals surface area contributed by atoms with Gasteiger partial charge in [-0.2, -0.15) is 5.26 Å². The van der Waals surface area contributed by atoms with E-state index in [-0.39, 0.29) is 0 Å². The topological polar surface area (TPSA) is 74.2 Å². The maximum absolute atomic E-state index is 8.87.